The normalized spacial score (nSPS) is 10.7. The van der Waals surface area contributed by atoms with Gasteiger partial charge in [0.05, 0.1) is 12.0 Å². The lowest BCUT2D eigenvalue weighted by atomic mass is 10.1. The number of phenols is 1. The van der Waals surface area contributed by atoms with Crippen LogP contribution in [0.25, 0.3) is 0 Å². The van der Waals surface area contributed by atoms with Crippen LogP contribution in [-0.2, 0) is 0 Å². The highest BCUT2D eigenvalue weighted by molar-refractivity contribution is 5.64. The van der Waals surface area contributed by atoms with E-state index in [2.05, 4.69) is 11.6 Å². The molecule has 1 aromatic carbocycles. The molecule has 3 heteroatoms. The first-order valence-corrected chi connectivity index (χ1v) is 5.20. The van der Waals surface area contributed by atoms with Crippen molar-refractivity contribution in [3.63, 3.8) is 0 Å². The number of aliphatic imine (C=N–C) groups is 1. The second kappa shape index (κ2) is 5.35. The molecule has 0 heterocycles. The fourth-order valence-corrected chi connectivity index (χ4v) is 1.34. The van der Waals surface area contributed by atoms with E-state index < -0.39 is 0 Å². The lowest BCUT2D eigenvalue weighted by Crippen LogP contribution is -2.15. The molecule has 0 radical (unpaired) electrons. The summed E-state index contributed by atoms with van der Waals surface area (Å²) in [5.41, 5.74) is 2.68. The zero-order valence-corrected chi connectivity index (χ0v) is 10.1. The highest BCUT2D eigenvalue weighted by Crippen LogP contribution is 2.26. The Hall–Kier alpha value is -1.77. The predicted octanol–water partition coefficient (Wildman–Crippen LogP) is 2.79. The van der Waals surface area contributed by atoms with Gasteiger partial charge in [-0.3, -0.25) is 0 Å². The highest BCUT2D eigenvalue weighted by atomic mass is 16.3. The Morgan fingerprint density at radius 1 is 1.38 bits per heavy atom. The molecular formula is C13H18N2O. The summed E-state index contributed by atoms with van der Waals surface area (Å²) in [5, 5.41) is 9.51. The molecule has 0 aromatic heterocycles. The monoisotopic (exact) mass is 218 g/mol. The fourth-order valence-electron chi connectivity index (χ4n) is 1.34. The summed E-state index contributed by atoms with van der Waals surface area (Å²) < 4.78 is 0. The van der Waals surface area contributed by atoms with Crippen molar-refractivity contribution in [3.8, 4) is 5.75 Å². The summed E-state index contributed by atoms with van der Waals surface area (Å²) in [4.78, 5) is 6.31. The van der Waals surface area contributed by atoms with E-state index in [4.69, 9.17) is 0 Å². The maximum atomic E-state index is 9.51. The standard InChI is InChI=1S/C13H18N2O/c1-5-6-15(4)9-14-12-7-11(3)13(16)8-10(12)2/h5,7-9,16H,1,6H2,2-4H3. The van der Waals surface area contributed by atoms with E-state index in [1.54, 1.807) is 12.4 Å². The van der Waals surface area contributed by atoms with Crippen LogP contribution in [0.15, 0.2) is 29.8 Å². The van der Waals surface area contributed by atoms with Crippen molar-refractivity contribution < 1.29 is 5.11 Å². The maximum absolute atomic E-state index is 9.51. The number of hydrogen-bond donors (Lipinski definition) is 1. The van der Waals surface area contributed by atoms with Gasteiger partial charge < -0.3 is 10.0 Å². The molecular weight excluding hydrogens is 200 g/mol. The third kappa shape index (κ3) is 3.12. The zero-order chi connectivity index (χ0) is 12.1. The number of benzene rings is 1. The molecule has 0 aliphatic carbocycles. The highest BCUT2D eigenvalue weighted by Gasteiger charge is 2.01. The molecule has 1 rings (SSSR count). The van der Waals surface area contributed by atoms with E-state index in [0.29, 0.717) is 5.75 Å². The number of aromatic hydroxyl groups is 1. The number of phenolic OH excluding ortho intramolecular Hbond substituents is 1. The number of aryl methyl sites for hydroxylation is 2. The van der Waals surface area contributed by atoms with E-state index in [-0.39, 0.29) is 0 Å². The molecule has 0 atom stereocenters. The van der Waals surface area contributed by atoms with Crippen molar-refractivity contribution in [2.24, 2.45) is 4.99 Å². The number of nitrogens with zero attached hydrogens (tertiary/aromatic N) is 2. The first kappa shape index (κ1) is 12.3. The molecule has 0 fully saturated rings. The molecule has 3 nitrogen and oxygen atoms in total. The van der Waals surface area contributed by atoms with Gasteiger partial charge >= 0.3 is 0 Å². The lowest BCUT2D eigenvalue weighted by molar-refractivity contribution is 0.471. The van der Waals surface area contributed by atoms with Crippen LogP contribution in [0.4, 0.5) is 5.69 Å². The molecule has 16 heavy (non-hydrogen) atoms. The van der Waals surface area contributed by atoms with E-state index in [0.717, 1.165) is 23.4 Å². The Balaban J connectivity index is 2.89. The summed E-state index contributed by atoms with van der Waals surface area (Å²) in [6.07, 6.45) is 3.58. The maximum Gasteiger partial charge on any atom is 0.118 e. The van der Waals surface area contributed by atoms with E-state index in [1.807, 2.05) is 37.9 Å². The topological polar surface area (TPSA) is 35.8 Å². The van der Waals surface area contributed by atoms with Gasteiger partial charge in [0, 0.05) is 13.6 Å². The van der Waals surface area contributed by atoms with E-state index in [1.165, 1.54) is 0 Å². The lowest BCUT2D eigenvalue weighted by Gasteiger charge is -2.10. The Labute approximate surface area is 96.7 Å². The van der Waals surface area contributed by atoms with Crippen LogP contribution in [0.1, 0.15) is 11.1 Å². The van der Waals surface area contributed by atoms with Gasteiger partial charge in [0.1, 0.15) is 5.75 Å². The average Bonchev–Trinajstić information content (AvgIpc) is 2.22. The van der Waals surface area contributed by atoms with Crippen molar-refractivity contribution >= 4 is 12.0 Å². The second-order valence-corrected chi connectivity index (χ2v) is 3.90. The van der Waals surface area contributed by atoms with Gasteiger partial charge in [-0.2, -0.15) is 0 Å². The Morgan fingerprint density at radius 3 is 2.69 bits per heavy atom. The minimum atomic E-state index is 0.316. The molecule has 1 N–H and O–H groups in total. The molecule has 86 valence electrons. The molecule has 0 saturated carbocycles. The van der Waals surface area contributed by atoms with Gasteiger partial charge in [0.15, 0.2) is 0 Å². The smallest absolute Gasteiger partial charge is 0.118 e. The molecule has 0 saturated heterocycles. The number of hydrogen-bond acceptors (Lipinski definition) is 2. The van der Waals surface area contributed by atoms with Gasteiger partial charge in [0.2, 0.25) is 0 Å². The quantitative estimate of drug-likeness (QED) is 0.479. The van der Waals surface area contributed by atoms with Crippen LogP contribution in [-0.4, -0.2) is 29.9 Å². The second-order valence-electron chi connectivity index (χ2n) is 3.90. The van der Waals surface area contributed by atoms with Crippen molar-refractivity contribution in [2.75, 3.05) is 13.6 Å². The van der Waals surface area contributed by atoms with Crippen LogP contribution in [0.3, 0.4) is 0 Å². The molecule has 0 aliphatic heterocycles. The minimum absolute atomic E-state index is 0.316. The summed E-state index contributed by atoms with van der Waals surface area (Å²) in [6, 6.07) is 3.61. The van der Waals surface area contributed by atoms with Gasteiger partial charge in [-0.15, -0.1) is 6.58 Å². The summed E-state index contributed by atoms with van der Waals surface area (Å²) in [5.74, 6) is 0.316. The number of likely N-dealkylation sites (N-methyl/N-ethyl adjacent to an activating group) is 1. The number of rotatable bonds is 4. The third-order valence-corrected chi connectivity index (χ3v) is 2.33. The minimum Gasteiger partial charge on any atom is -0.508 e. The first-order chi connectivity index (χ1) is 7.54. The summed E-state index contributed by atoms with van der Waals surface area (Å²) >= 11 is 0. The van der Waals surface area contributed by atoms with Crippen molar-refractivity contribution in [1.29, 1.82) is 0 Å². The third-order valence-electron chi connectivity index (χ3n) is 2.33. The Morgan fingerprint density at radius 2 is 2.06 bits per heavy atom. The van der Waals surface area contributed by atoms with Crippen LogP contribution in [0, 0.1) is 13.8 Å². The van der Waals surface area contributed by atoms with Gasteiger partial charge in [0.25, 0.3) is 0 Å². The van der Waals surface area contributed by atoms with Gasteiger partial charge in [-0.25, -0.2) is 4.99 Å². The van der Waals surface area contributed by atoms with Crippen LogP contribution < -0.4 is 0 Å². The van der Waals surface area contributed by atoms with Crippen LogP contribution >= 0.6 is 0 Å². The molecule has 0 bridgehead atoms. The van der Waals surface area contributed by atoms with E-state index in [9.17, 15) is 5.11 Å². The largest absolute Gasteiger partial charge is 0.508 e. The van der Waals surface area contributed by atoms with Crippen LogP contribution in [0.2, 0.25) is 0 Å². The fraction of sp³-hybridized carbons (Fsp3) is 0.308. The Bertz CT molecular complexity index is 411. The Kier molecular flexibility index (Phi) is 4.11. The zero-order valence-electron chi connectivity index (χ0n) is 10.1. The van der Waals surface area contributed by atoms with E-state index >= 15 is 0 Å². The molecule has 0 amide bonds. The average molecular weight is 218 g/mol. The molecule has 1 aromatic rings. The van der Waals surface area contributed by atoms with Crippen molar-refractivity contribution in [2.45, 2.75) is 13.8 Å². The predicted molar refractivity (Wildman–Crippen MR) is 68.6 cm³/mol. The van der Waals surface area contributed by atoms with Crippen LogP contribution in [0.5, 0.6) is 5.75 Å². The molecule has 0 aliphatic rings. The summed E-state index contributed by atoms with van der Waals surface area (Å²) in [7, 11) is 1.94. The van der Waals surface area contributed by atoms with Gasteiger partial charge in [-0.05, 0) is 37.1 Å². The summed E-state index contributed by atoms with van der Waals surface area (Å²) in [6.45, 7) is 8.22. The molecule has 0 spiro atoms. The SMILES string of the molecule is C=CCN(C)C=Nc1cc(C)c(O)cc1C. The van der Waals surface area contributed by atoms with Crippen molar-refractivity contribution in [1.82, 2.24) is 4.90 Å². The molecule has 0 unspecified atom stereocenters. The van der Waals surface area contributed by atoms with Crippen molar-refractivity contribution in [3.05, 3.63) is 35.9 Å². The first-order valence-electron chi connectivity index (χ1n) is 5.20. The van der Waals surface area contributed by atoms with Gasteiger partial charge in [-0.1, -0.05) is 6.08 Å².